The van der Waals surface area contributed by atoms with E-state index in [2.05, 4.69) is 5.43 Å². The van der Waals surface area contributed by atoms with Gasteiger partial charge in [0, 0.05) is 24.7 Å². The van der Waals surface area contributed by atoms with Crippen molar-refractivity contribution < 1.29 is 18.0 Å². The van der Waals surface area contributed by atoms with Crippen LogP contribution in [0.2, 0.25) is 5.02 Å². The number of hydrogen-bond donors (Lipinski definition) is 1. The van der Waals surface area contributed by atoms with Gasteiger partial charge in [0.05, 0.1) is 5.56 Å². The molecule has 0 spiro atoms. The van der Waals surface area contributed by atoms with Crippen molar-refractivity contribution in [3.63, 3.8) is 0 Å². The van der Waals surface area contributed by atoms with E-state index in [0.29, 0.717) is 0 Å². The molecule has 94 valence electrons. The molecule has 0 aromatic heterocycles. The number of nitrogens with one attached hydrogen (secondary N) is 1. The average molecular weight is 267 g/mol. The summed E-state index contributed by atoms with van der Waals surface area (Å²) in [5, 5.41) is 1.19. The van der Waals surface area contributed by atoms with Gasteiger partial charge in [0.1, 0.15) is 0 Å². The van der Waals surface area contributed by atoms with E-state index in [9.17, 15) is 18.0 Å². The number of carbonyl (C=O) groups is 1. The summed E-state index contributed by atoms with van der Waals surface area (Å²) in [5.74, 6) is -0.650. The molecule has 0 heterocycles. The molecule has 17 heavy (non-hydrogen) atoms. The number of benzene rings is 1. The molecule has 1 amide bonds. The largest absolute Gasteiger partial charge is 0.416 e. The molecule has 0 aliphatic rings. The summed E-state index contributed by atoms with van der Waals surface area (Å²) in [4.78, 5) is 11.5. The molecule has 0 aliphatic carbocycles. The minimum atomic E-state index is -4.53. The van der Waals surface area contributed by atoms with Crippen molar-refractivity contribution in [1.82, 2.24) is 10.4 Å². The van der Waals surface area contributed by atoms with Gasteiger partial charge in [0.25, 0.3) is 5.91 Å². The summed E-state index contributed by atoms with van der Waals surface area (Å²) in [6, 6.07) is 2.70. The van der Waals surface area contributed by atoms with Crippen molar-refractivity contribution in [3.8, 4) is 0 Å². The third kappa shape index (κ3) is 3.90. The Bertz CT molecular complexity index is 432. The van der Waals surface area contributed by atoms with Crippen molar-refractivity contribution >= 4 is 17.5 Å². The molecule has 0 saturated heterocycles. The lowest BCUT2D eigenvalue weighted by atomic mass is 10.1. The van der Waals surface area contributed by atoms with Gasteiger partial charge in [-0.3, -0.25) is 10.2 Å². The van der Waals surface area contributed by atoms with Crippen LogP contribution in [0.1, 0.15) is 15.9 Å². The highest BCUT2D eigenvalue weighted by Crippen LogP contribution is 2.31. The molecule has 1 rings (SSSR count). The smallest absolute Gasteiger partial charge is 0.285 e. The summed E-state index contributed by atoms with van der Waals surface area (Å²) >= 11 is 5.54. The number of carbonyl (C=O) groups excluding carboxylic acids is 1. The maximum Gasteiger partial charge on any atom is 0.416 e. The molecule has 1 aromatic carbocycles. The topological polar surface area (TPSA) is 32.3 Å². The monoisotopic (exact) mass is 266 g/mol. The number of alkyl halides is 3. The quantitative estimate of drug-likeness (QED) is 0.835. The summed E-state index contributed by atoms with van der Waals surface area (Å²) < 4.78 is 37.4. The molecule has 0 atom stereocenters. The first-order chi connectivity index (χ1) is 7.70. The molecule has 3 nitrogen and oxygen atoms in total. The Morgan fingerprint density at radius 2 is 1.88 bits per heavy atom. The highest BCUT2D eigenvalue weighted by atomic mass is 35.5. The summed E-state index contributed by atoms with van der Waals surface area (Å²) in [7, 11) is 3.10. The molecule has 1 N–H and O–H groups in total. The molecule has 0 bridgehead atoms. The first-order valence-corrected chi connectivity index (χ1v) is 4.94. The number of hydrogen-bond acceptors (Lipinski definition) is 2. The zero-order valence-electron chi connectivity index (χ0n) is 9.10. The van der Waals surface area contributed by atoms with E-state index >= 15 is 0 Å². The molecule has 7 heteroatoms. The first kappa shape index (κ1) is 13.8. The Morgan fingerprint density at radius 3 is 2.35 bits per heavy atom. The number of hydrazine groups is 1. The van der Waals surface area contributed by atoms with Gasteiger partial charge in [-0.1, -0.05) is 11.6 Å². The Morgan fingerprint density at radius 1 is 1.29 bits per heavy atom. The second-order valence-electron chi connectivity index (χ2n) is 3.56. The minimum Gasteiger partial charge on any atom is -0.285 e. The van der Waals surface area contributed by atoms with E-state index in [4.69, 9.17) is 11.6 Å². The summed E-state index contributed by atoms with van der Waals surface area (Å²) in [6.45, 7) is 0. The number of halogens is 4. The average Bonchev–Trinajstić information content (AvgIpc) is 2.14. The van der Waals surface area contributed by atoms with Crippen molar-refractivity contribution in [2.24, 2.45) is 0 Å². The second kappa shape index (κ2) is 4.93. The third-order valence-electron chi connectivity index (χ3n) is 1.81. The lowest BCUT2D eigenvalue weighted by Crippen LogP contribution is -2.36. The second-order valence-corrected chi connectivity index (χ2v) is 4.00. The van der Waals surface area contributed by atoms with Crippen LogP contribution in [0, 0.1) is 0 Å². The first-order valence-electron chi connectivity index (χ1n) is 4.56. The number of rotatable bonds is 2. The van der Waals surface area contributed by atoms with Gasteiger partial charge in [-0.25, -0.2) is 5.01 Å². The SMILES string of the molecule is CN(C)NC(=O)c1cc(Cl)cc(C(F)(F)F)c1. The normalized spacial score (nSPS) is 11.7. The zero-order chi connectivity index (χ0) is 13.2. The van der Waals surface area contributed by atoms with Crippen LogP contribution in [-0.4, -0.2) is 25.0 Å². The van der Waals surface area contributed by atoms with Crippen molar-refractivity contribution in [3.05, 3.63) is 34.3 Å². The van der Waals surface area contributed by atoms with Crippen LogP contribution in [0.4, 0.5) is 13.2 Å². The lowest BCUT2D eigenvalue weighted by molar-refractivity contribution is -0.137. The Hall–Kier alpha value is -1.27. The Labute approximate surface area is 101 Å². The summed E-state index contributed by atoms with van der Waals surface area (Å²) in [6.07, 6.45) is -4.53. The minimum absolute atomic E-state index is 0.135. The van der Waals surface area contributed by atoms with E-state index in [-0.39, 0.29) is 10.6 Å². The van der Waals surface area contributed by atoms with Crippen LogP contribution in [-0.2, 0) is 6.18 Å². The van der Waals surface area contributed by atoms with Gasteiger partial charge < -0.3 is 0 Å². The van der Waals surface area contributed by atoms with E-state index in [1.54, 1.807) is 14.1 Å². The van der Waals surface area contributed by atoms with Crippen molar-refractivity contribution in [1.29, 1.82) is 0 Å². The van der Waals surface area contributed by atoms with Crippen LogP contribution in [0.5, 0.6) is 0 Å². The van der Waals surface area contributed by atoms with Gasteiger partial charge in [0.2, 0.25) is 0 Å². The maximum atomic E-state index is 12.5. The van der Waals surface area contributed by atoms with Gasteiger partial charge >= 0.3 is 6.18 Å². The lowest BCUT2D eigenvalue weighted by Gasteiger charge is -2.13. The number of amides is 1. The Kier molecular flexibility index (Phi) is 4.00. The Balaban J connectivity index is 3.10. The number of nitrogens with zero attached hydrogens (tertiary/aromatic N) is 1. The van der Waals surface area contributed by atoms with Crippen molar-refractivity contribution in [2.45, 2.75) is 6.18 Å². The molecular formula is C10H10ClF3N2O. The van der Waals surface area contributed by atoms with E-state index < -0.39 is 17.6 Å². The predicted molar refractivity (Wildman–Crippen MR) is 57.6 cm³/mol. The third-order valence-corrected chi connectivity index (χ3v) is 2.03. The van der Waals surface area contributed by atoms with Gasteiger partial charge in [0.15, 0.2) is 0 Å². The fourth-order valence-electron chi connectivity index (χ4n) is 1.15. The summed E-state index contributed by atoms with van der Waals surface area (Å²) in [5.41, 5.74) is 1.24. The molecule has 0 radical (unpaired) electrons. The standard InChI is InChI=1S/C10H10ClF3N2O/c1-16(2)15-9(17)6-3-7(10(12,13)14)5-8(11)4-6/h3-5H,1-2H3,(H,15,17). The highest BCUT2D eigenvalue weighted by Gasteiger charge is 2.31. The zero-order valence-corrected chi connectivity index (χ0v) is 9.86. The van der Waals surface area contributed by atoms with E-state index in [1.807, 2.05) is 0 Å². The van der Waals surface area contributed by atoms with Crippen LogP contribution in [0.3, 0.4) is 0 Å². The molecule has 0 aliphatic heterocycles. The van der Waals surface area contributed by atoms with Crippen LogP contribution in [0.25, 0.3) is 0 Å². The van der Waals surface area contributed by atoms with E-state index in [0.717, 1.165) is 12.1 Å². The van der Waals surface area contributed by atoms with Crippen molar-refractivity contribution in [2.75, 3.05) is 14.1 Å². The van der Waals surface area contributed by atoms with Gasteiger partial charge in [-0.2, -0.15) is 13.2 Å². The molecular weight excluding hydrogens is 257 g/mol. The highest BCUT2D eigenvalue weighted by molar-refractivity contribution is 6.31. The fraction of sp³-hybridized carbons (Fsp3) is 0.300. The van der Waals surface area contributed by atoms with Crippen LogP contribution in [0.15, 0.2) is 18.2 Å². The predicted octanol–water partition coefficient (Wildman–Crippen LogP) is 2.57. The van der Waals surface area contributed by atoms with Crippen LogP contribution < -0.4 is 5.43 Å². The maximum absolute atomic E-state index is 12.5. The molecule has 0 unspecified atom stereocenters. The molecule has 0 saturated carbocycles. The van der Waals surface area contributed by atoms with Crippen LogP contribution >= 0.6 is 11.6 Å². The molecule has 0 fully saturated rings. The van der Waals surface area contributed by atoms with Gasteiger partial charge in [-0.15, -0.1) is 0 Å². The van der Waals surface area contributed by atoms with Gasteiger partial charge in [-0.05, 0) is 18.2 Å². The fourth-order valence-corrected chi connectivity index (χ4v) is 1.39. The molecule has 1 aromatic rings. The van der Waals surface area contributed by atoms with E-state index in [1.165, 1.54) is 11.1 Å².